The van der Waals surface area contributed by atoms with Gasteiger partial charge in [0.25, 0.3) is 0 Å². The molecular formula is C36H33N3. The van der Waals surface area contributed by atoms with Crippen LogP contribution in [0.4, 0.5) is 0 Å². The topological polar surface area (TPSA) is 14.8 Å². The summed E-state index contributed by atoms with van der Waals surface area (Å²) in [6.07, 6.45) is 8.76. The van der Waals surface area contributed by atoms with Gasteiger partial charge in [0.1, 0.15) is 0 Å². The first-order valence-electron chi connectivity index (χ1n) is 13.8. The summed E-state index contributed by atoms with van der Waals surface area (Å²) >= 11 is 0. The van der Waals surface area contributed by atoms with Crippen LogP contribution in [0.15, 0.2) is 111 Å². The van der Waals surface area contributed by atoms with E-state index in [1.165, 1.54) is 66.5 Å². The van der Waals surface area contributed by atoms with Gasteiger partial charge in [-0.25, -0.2) is 0 Å². The van der Waals surface area contributed by atoms with Crippen LogP contribution in [-0.2, 0) is 38.9 Å². The Labute approximate surface area is 229 Å². The van der Waals surface area contributed by atoms with Gasteiger partial charge < -0.3 is 13.7 Å². The zero-order chi connectivity index (χ0) is 26.5. The van der Waals surface area contributed by atoms with E-state index in [2.05, 4.69) is 106 Å². The minimum absolute atomic E-state index is 0.791. The molecule has 0 N–H and O–H groups in total. The average molecular weight is 508 g/mol. The highest BCUT2D eigenvalue weighted by molar-refractivity contribution is 5.91. The van der Waals surface area contributed by atoms with E-state index in [1.807, 2.05) is 18.2 Å². The quantitative estimate of drug-likeness (QED) is 0.202. The number of hydrogen-bond acceptors (Lipinski definition) is 0. The predicted molar refractivity (Wildman–Crippen MR) is 165 cm³/mol. The molecule has 0 amide bonds. The van der Waals surface area contributed by atoms with Gasteiger partial charge in [-0.3, -0.25) is 0 Å². The Hall–Kier alpha value is -4.50. The van der Waals surface area contributed by atoms with E-state index in [4.69, 9.17) is 0 Å². The smallest absolute Gasteiger partial charge is 0.0488 e. The molecule has 6 aromatic rings. The number of benzene rings is 3. The van der Waals surface area contributed by atoms with Crippen LogP contribution in [-0.4, -0.2) is 13.7 Å². The van der Waals surface area contributed by atoms with Crippen LogP contribution in [0.1, 0.15) is 33.8 Å². The van der Waals surface area contributed by atoms with Crippen LogP contribution in [0.5, 0.6) is 0 Å². The van der Waals surface area contributed by atoms with Crippen molar-refractivity contribution in [2.24, 2.45) is 0 Å². The average Bonchev–Trinajstić information content (AvgIpc) is 3.54. The number of hydrogen-bond donors (Lipinski definition) is 0. The van der Waals surface area contributed by atoms with Gasteiger partial charge in [-0.05, 0) is 34.9 Å². The predicted octanol–water partition coefficient (Wildman–Crippen LogP) is 8.19. The van der Waals surface area contributed by atoms with Crippen LogP contribution in [0.3, 0.4) is 0 Å². The second-order valence-electron chi connectivity index (χ2n) is 10.6. The molecule has 0 fully saturated rings. The van der Waals surface area contributed by atoms with Gasteiger partial charge in [0, 0.05) is 88.7 Å². The lowest BCUT2D eigenvalue weighted by molar-refractivity contribution is 0.778. The molecule has 3 heterocycles. The number of aromatic nitrogens is 3. The number of rotatable bonds is 6. The molecule has 0 aliphatic heterocycles. The van der Waals surface area contributed by atoms with Gasteiger partial charge in [-0.2, -0.15) is 0 Å². The maximum atomic E-state index is 4.13. The van der Waals surface area contributed by atoms with Crippen LogP contribution in [0.25, 0.3) is 32.7 Å². The minimum atomic E-state index is 0.791. The minimum Gasteiger partial charge on any atom is -0.340 e. The fourth-order valence-corrected chi connectivity index (χ4v) is 7.00. The lowest BCUT2D eigenvalue weighted by atomic mass is 10.0. The second kappa shape index (κ2) is 9.36. The molecule has 1 aliphatic carbocycles. The van der Waals surface area contributed by atoms with Crippen LogP contribution < -0.4 is 0 Å². The summed E-state index contributed by atoms with van der Waals surface area (Å²) in [7, 11) is 0. The van der Waals surface area contributed by atoms with Gasteiger partial charge in [0.15, 0.2) is 0 Å². The molecule has 0 atom stereocenters. The van der Waals surface area contributed by atoms with Crippen molar-refractivity contribution in [1.82, 2.24) is 13.7 Å². The van der Waals surface area contributed by atoms with Gasteiger partial charge in [0.05, 0.1) is 0 Å². The Kier molecular flexibility index (Phi) is 5.66. The molecule has 1 aliphatic rings. The Morgan fingerprint density at radius 2 is 0.744 bits per heavy atom. The van der Waals surface area contributed by atoms with E-state index < -0.39 is 0 Å². The Morgan fingerprint density at radius 3 is 1.03 bits per heavy atom. The van der Waals surface area contributed by atoms with Crippen molar-refractivity contribution in [3.8, 4) is 0 Å². The van der Waals surface area contributed by atoms with Gasteiger partial charge >= 0.3 is 0 Å². The van der Waals surface area contributed by atoms with Crippen LogP contribution in [0, 0.1) is 0 Å². The van der Waals surface area contributed by atoms with Crippen molar-refractivity contribution in [3.05, 3.63) is 145 Å². The molecule has 39 heavy (non-hydrogen) atoms. The first-order chi connectivity index (χ1) is 19.2. The molecular weight excluding hydrogens is 474 g/mol. The maximum Gasteiger partial charge on any atom is 0.0488 e. The summed E-state index contributed by atoms with van der Waals surface area (Å²) in [6, 6.07) is 26.7. The van der Waals surface area contributed by atoms with Crippen molar-refractivity contribution >= 4 is 32.7 Å². The van der Waals surface area contributed by atoms with E-state index in [-0.39, 0.29) is 0 Å². The number of para-hydroxylation sites is 3. The summed E-state index contributed by atoms with van der Waals surface area (Å²) in [5.41, 5.74) is 12.3. The molecule has 3 heteroatoms. The fraction of sp³-hybridized carbons (Fsp3) is 0.167. The first-order valence-corrected chi connectivity index (χ1v) is 13.8. The highest BCUT2D eigenvalue weighted by atomic mass is 15.0. The summed E-state index contributed by atoms with van der Waals surface area (Å²) in [4.78, 5) is 0. The van der Waals surface area contributed by atoms with Crippen molar-refractivity contribution in [2.45, 2.75) is 38.9 Å². The van der Waals surface area contributed by atoms with Gasteiger partial charge in [-0.15, -0.1) is 19.7 Å². The van der Waals surface area contributed by atoms with E-state index in [1.54, 1.807) is 0 Å². The maximum absolute atomic E-state index is 4.13. The summed E-state index contributed by atoms with van der Waals surface area (Å²) in [6.45, 7) is 14.8. The lowest BCUT2D eigenvalue weighted by Crippen LogP contribution is -2.07. The Morgan fingerprint density at radius 1 is 0.462 bits per heavy atom. The zero-order valence-corrected chi connectivity index (χ0v) is 22.4. The molecule has 0 bridgehead atoms. The third-order valence-electron chi connectivity index (χ3n) is 8.55. The van der Waals surface area contributed by atoms with E-state index in [9.17, 15) is 0 Å². The van der Waals surface area contributed by atoms with E-state index in [0.717, 1.165) is 38.9 Å². The molecule has 7 rings (SSSR count). The molecule has 0 saturated carbocycles. The van der Waals surface area contributed by atoms with E-state index in [0.29, 0.717) is 0 Å². The second-order valence-corrected chi connectivity index (χ2v) is 10.6. The first kappa shape index (κ1) is 23.6. The van der Waals surface area contributed by atoms with Crippen molar-refractivity contribution < 1.29 is 0 Å². The largest absolute Gasteiger partial charge is 0.340 e. The monoisotopic (exact) mass is 507 g/mol. The third kappa shape index (κ3) is 3.50. The highest BCUT2D eigenvalue weighted by Gasteiger charge is 2.28. The van der Waals surface area contributed by atoms with Crippen LogP contribution >= 0.6 is 0 Å². The lowest BCUT2D eigenvalue weighted by Gasteiger charge is -2.12. The fourth-order valence-electron chi connectivity index (χ4n) is 7.00. The number of nitrogens with zero attached hydrogens (tertiary/aromatic N) is 3. The molecule has 3 aromatic heterocycles. The molecule has 3 nitrogen and oxygen atoms in total. The normalized spacial score (nSPS) is 12.9. The van der Waals surface area contributed by atoms with Crippen LogP contribution in [0.2, 0.25) is 0 Å². The van der Waals surface area contributed by atoms with Crippen molar-refractivity contribution in [2.75, 3.05) is 0 Å². The van der Waals surface area contributed by atoms with Crippen molar-refractivity contribution in [3.63, 3.8) is 0 Å². The standard InChI is InChI=1S/C36H33N3/c1-4-19-37-31-16-10-7-13-25(31)28-23-35-30(27-15-9-12-18-33(27)38(35)20-5-2)24-36-29(22-34(28)37)26-14-8-11-17-32(26)39(36)21-6-3/h4-18H,1-3,19-24H2. The summed E-state index contributed by atoms with van der Waals surface area (Å²) < 4.78 is 7.48. The Bertz CT molecular complexity index is 1700. The third-order valence-corrected chi connectivity index (χ3v) is 8.55. The highest BCUT2D eigenvalue weighted by Crippen LogP contribution is 2.40. The summed E-state index contributed by atoms with van der Waals surface area (Å²) in [5.74, 6) is 0. The van der Waals surface area contributed by atoms with E-state index >= 15 is 0 Å². The molecule has 0 spiro atoms. The Balaban J connectivity index is 1.65. The number of allylic oxidation sites excluding steroid dienone is 3. The molecule has 192 valence electrons. The SMILES string of the molecule is C=CCn1c2c(c3ccccc31)Cc1c(c3ccccc3n1CC=C)Cc1c(c3ccccc3n1CC=C)C2. The van der Waals surface area contributed by atoms with Crippen molar-refractivity contribution in [1.29, 1.82) is 0 Å². The number of fused-ring (bicyclic) bond motifs is 9. The van der Waals surface area contributed by atoms with Gasteiger partial charge in [-0.1, -0.05) is 72.8 Å². The van der Waals surface area contributed by atoms with Gasteiger partial charge in [0.2, 0.25) is 0 Å². The zero-order valence-electron chi connectivity index (χ0n) is 22.4. The molecule has 0 saturated heterocycles. The summed E-state index contributed by atoms with van der Waals surface area (Å²) in [5, 5.41) is 4.02. The molecule has 0 radical (unpaired) electrons. The molecule has 0 unspecified atom stereocenters. The molecule has 3 aromatic carbocycles.